The van der Waals surface area contributed by atoms with Gasteiger partial charge in [0.2, 0.25) is 5.13 Å². The Morgan fingerprint density at radius 2 is 2.00 bits per heavy atom. The molecule has 2 aromatic rings. The minimum absolute atomic E-state index is 0. The van der Waals surface area contributed by atoms with Crippen LogP contribution in [0.2, 0.25) is 0 Å². The lowest BCUT2D eigenvalue weighted by atomic mass is 10.1. The lowest BCUT2D eigenvalue weighted by Gasteiger charge is -2.36. The van der Waals surface area contributed by atoms with E-state index in [9.17, 15) is 13.2 Å². The highest BCUT2D eigenvalue weighted by Crippen LogP contribution is 2.29. The van der Waals surface area contributed by atoms with Crippen molar-refractivity contribution in [2.75, 3.05) is 44.7 Å². The number of aryl methyl sites for hydroxylation is 1. The number of piperazine rings is 1. The van der Waals surface area contributed by atoms with Crippen LogP contribution in [0.5, 0.6) is 0 Å². The highest BCUT2D eigenvalue weighted by atomic mass is 127. The van der Waals surface area contributed by atoms with Crippen LogP contribution in [-0.4, -0.2) is 60.0 Å². The van der Waals surface area contributed by atoms with Gasteiger partial charge in [0.25, 0.3) is 0 Å². The Bertz CT molecular complexity index is 942. The fraction of sp³-hybridized carbons (Fsp3) is 0.450. The summed E-state index contributed by atoms with van der Waals surface area (Å²) in [4.78, 5) is 13.2. The maximum atomic E-state index is 12.8. The summed E-state index contributed by atoms with van der Waals surface area (Å²) in [6, 6.07) is 5.02. The predicted octanol–water partition coefficient (Wildman–Crippen LogP) is 3.49. The van der Waals surface area contributed by atoms with E-state index in [4.69, 9.17) is 0 Å². The van der Waals surface area contributed by atoms with Gasteiger partial charge < -0.3 is 15.1 Å². The van der Waals surface area contributed by atoms with Gasteiger partial charge in [-0.3, -0.25) is 4.99 Å². The summed E-state index contributed by atoms with van der Waals surface area (Å²) in [6.07, 6.45) is -3.54. The largest absolute Gasteiger partial charge is 0.416 e. The molecule has 1 fully saturated rings. The Balaban J connectivity index is 0.00000341. The molecular formula is C20H24F3IN6S. The van der Waals surface area contributed by atoms with Crippen LogP contribution in [0, 0.1) is 11.8 Å². The lowest BCUT2D eigenvalue weighted by Crippen LogP contribution is -2.52. The number of nitrogens with zero attached hydrogens (tertiary/aromatic N) is 5. The second-order valence-electron chi connectivity index (χ2n) is 6.60. The molecule has 0 unspecified atom stereocenters. The molecule has 11 heteroatoms. The first kappa shape index (κ1) is 25.2. The van der Waals surface area contributed by atoms with E-state index in [2.05, 4.69) is 41.3 Å². The third-order valence-corrected chi connectivity index (χ3v) is 5.41. The van der Waals surface area contributed by atoms with Gasteiger partial charge in [-0.05, 0) is 18.2 Å². The quantitative estimate of drug-likeness (QED) is 0.268. The number of rotatable bonds is 3. The van der Waals surface area contributed by atoms with Crippen LogP contribution < -0.4 is 10.2 Å². The van der Waals surface area contributed by atoms with Crippen molar-refractivity contribution in [3.05, 3.63) is 41.2 Å². The SMILES string of the molecule is CCc1nsc(N2CCN(C(=NC)NCC#Cc3cccc(C(F)(F)F)c3)CC2)n1.I. The van der Waals surface area contributed by atoms with Crippen LogP contribution >= 0.6 is 35.5 Å². The van der Waals surface area contributed by atoms with Crippen LogP contribution in [0.25, 0.3) is 0 Å². The molecule has 0 saturated carbocycles. The number of guanidine groups is 1. The smallest absolute Gasteiger partial charge is 0.345 e. The molecule has 0 spiro atoms. The molecule has 168 valence electrons. The third-order valence-electron chi connectivity index (χ3n) is 4.59. The van der Waals surface area contributed by atoms with Crippen molar-refractivity contribution in [2.24, 2.45) is 4.99 Å². The number of anilines is 1. The summed E-state index contributed by atoms with van der Waals surface area (Å²) in [5, 5.41) is 4.10. The van der Waals surface area contributed by atoms with Gasteiger partial charge >= 0.3 is 6.18 Å². The fourth-order valence-corrected chi connectivity index (χ4v) is 3.80. The van der Waals surface area contributed by atoms with Gasteiger partial charge in [-0.1, -0.05) is 24.8 Å². The average molecular weight is 564 g/mol. The number of aromatic nitrogens is 2. The maximum absolute atomic E-state index is 12.8. The van der Waals surface area contributed by atoms with Crippen LogP contribution in [0.3, 0.4) is 0 Å². The zero-order chi connectivity index (χ0) is 21.6. The molecule has 0 aliphatic carbocycles. The molecular weight excluding hydrogens is 540 g/mol. The third kappa shape index (κ3) is 6.96. The van der Waals surface area contributed by atoms with Crippen LogP contribution in [0.1, 0.15) is 23.9 Å². The van der Waals surface area contributed by atoms with Crippen molar-refractivity contribution in [1.29, 1.82) is 0 Å². The highest BCUT2D eigenvalue weighted by molar-refractivity contribution is 14.0. The van der Waals surface area contributed by atoms with Crippen LogP contribution in [-0.2, 0) is 12.6 Å². The van der Waals surface area contributed by atoms with E-state index in [0.29, 0.717) is 12.1 Å². The first-order valence-electron chi connectivity index (χ1n) is 9.60. The normalized spacial score (nSPS) is 14.5. The van der Waals surface area contributed by atoms with E-state index >= 15 is 0 Å². The highest BCUT2D eigenvalue weighted by Gasteiger charge is 2.30. The zero-order valence-electron chi connectivity index (χ0n) is 17.2. The van der Waals surface area contributed by atoms with Gasteiger partial charge in [-0.15, -0.1) is 24.0 Å². The summed E-state index contributed by atoms with van der Waals surface area (Å²) in [7, 11) is 1.70. The molecule has 31 heavy (non-hydrogen) atoms. The van der Waals surface area contributed by atoms with E-state index in [1.54, 1.807) is 13.1 Å². The van der Waals surface area contributed by atoms with Crippen molar-refractivity contribution >= 4 is 46.6 Å². The summed E-state index contributed by atoms with van der Waals surface area (Å²) in [6.45, 7) is 5.52. The first-order valence-corrected chi connectivity index (χ1v) is 10.4. The lowest BCUT2D eigenvalue weighted by molar-refractivity contribution is -0.137. The number of aliphatic imine (C=N–C) groups is 1. The number of nitrogens with one attached hydrogen (secondary N) is 1. The van der Waals surface area contributed by atoms with Gasteiger partial charge in [0, 0.05) is 56.7 Å². The zero-order valence-corrected chi connectivity index (χ0v) is 20.4. The molecule has 1 aromatic carbocycles. The van der Waals surface area contributed by atoms with E-state index in [0.717, 1.165) is 61.6 Å². The molecule has 6 nitrogen and oxygen atoms in total. The van der Waals surface area contributed by atoms with E-state index < -0.39 is 11.7 Å². The molecule has 1 saturated heterocycles. The summed E-state index contributed by atoms with van der Waals surface area (Å²) < 4.78 is 42.7. The second kappa shape index (κ2) is 11.5. The first-order chi connectivity index (χ1) is 14.4. The van der Waals surface area contributed by atoms with Crippen molar-refractivity contribution in [3.8, 4) is 11.8 Å². The van der Waals surface area contributed by atoms with E-state index in [-0.39, 0.29) is 24.0 Å². The number of hydrogen-bond donors (Lipinski definition) is 1. The van der Waals surface area contributed by atoms with Crippen LogP contribution in [0.4, 0.5) is 18.3 Å². The number of halogens is 4. The van der Waals surface area contributed by atoms with Gasteiger partial charge in [0.1, 0.15) is 5.82 Å². The molecule has 1 aliphatic rings. The predicted molar refractivity (Wildman–Crippen MR) is 128 cm³/mol. The second-order valence-corrected chi connectivity index (χ2v) is 7.33. The molecule has 0 bridgehead atoms. The molecule has 1 aromatic heterocycles. The van der Waals surface area contributed by atoms with Crippen molar-refractivity contribution in [2.45, 2.75) is 19.5 Å². The molecule has 0 amide bonds. The summed E-state index contributed by atoms with van der Waals surface area (Å²) >= 11 is 1.42. The molecule has 1 aliphatic heterocycles. The van der Waals surface area contributed by atoms with Crippen molar-refractivity contribution < 1.29 is 13.2 Å². The standard InChI is InChI=1S/C20H23F3N6S.HI/c1-3-17-26-19(30-27-17)29-12-10-28(11-13-29)18(24-2)25-9-5-7-15-6-4-8-16(14-15)20(21,22)23;/h4,6,8,14H,3,9-13H2,1-2H3,(H,24,25);1H. The monoisotopic (exact) mass is 564 g/mol. The van der Waals surface area contributed by atoms with E-state index in [1.807, 2.05) is 6.92 Å². The molecule has 0 atom stereocenters. The van der Waals surface area contributed by atoms with Gasteiger partial charge in [0.15, 0.2) is 5.96 Å². The van der Waals surface area contributed by atoms with Crippen LogP contribution in [0.15, 0.2) is 29.3 Å². The topological polar surface area (TPSA) is 56.7 Å². The Morgan fingerprint density at radius 3 is 2.61 bits per heavy atom. The summed E-state index contributed by atoms with van der Waals surface area (Å²) in [5.74, 6) is 7.22. The Kier molecular flexibility index (Phi) is 9.36. The minimum Gasteiger partial charge on any atom is -0.345 e. The van der Waals surface area contributed by atoms with Gasteiger partial charge in [-0.25, -0.2) is 4.98 Å². The molecule has 0 radical (unpaired) electrons. The molecule has 2 heterocycles. The van der Waals surface area contributed by atoms with Gasteiger partial charge in [-0.2, -0.15) is 17.5 Å². The number of alkyl halides is 3. The Labute approximate surface area is 201 Å². The Morgan fingerprint density at radius 1 is 1.26 bits per heavy atom. The van der Waals surface area contributed by atoms with Crippen molar-refractivity contribution in [3.63, 3.8) is 0 Å². The van der Waals surface area contributed by atoms with Crippen molar-refractivity contribution in [1.82, 2.24) is 19.6 Å². The average Bonchev–Trinajstić information content (AvgIpc) is 3.23. The summed E-state index contributed by atoms with van der Waals surface area (Å²) in [5.41, 5.74) is -0.365. The maximum Gasteiger partial charge on any atom is 0.416 e. The molecule has 1 N–H and O–H groups in total. The number of hydrogen-bond acceptors (Lipinski definition) is 5. The Hall–Kier alpha value is -2.07. The number of benzene rings is 1. The van der Waals surface area contributed by atoms with E-state index in [1.165, 1.54) is 17.6 Å². The van der Waals surface area contributed by atoms with Gasteiger partial charge in [0.05, 0.1) is 12.1 Å². The minimum atomic E-state index is -4.37. The molecule has 3 rings (SSSR count). The fourth-order valence-electron chi connectivity index (χ4n) is 3.00.